The van der Waals surface area contributed by atoms with Crippen molar-refractivity contribution in [3.8, 4) is 28.3 Å². The second-order valence-electron chi connectivity index (χ2n) is 13.8. The van der Waals surface area contributed by atoms with Crippen LogP contribution in [0.3, 0.4) is 0 Å². The number of methoxy groups -OCH3 is 1. The first kappa shape index (κ1) is 35.1. The highest BCUT2D eigenvalue weighted by molar-refractivity contribution is 6.39. The summed E-state index contributed by atoms with van der Waals surface area (Å²) in [5.74, 6) is 0.192. The van der Waals surface area contributed by atoms with Crippen LogP contribution in [0.1, 0.15) is 42.1 Å². The Bertz CT molecular complexity index is 2490. The first-order valence-corrected chi connectivity index (χ1v) is 17.6. The standard InChI is InChI=1S/C37H32Cl2F3N7O4/c1-47-25-15-26(37(40,41)42)45-32(29(25)34(51)48(2)35(47)52)43-22-9-5-7-20(31(22)39)19-6-4-8-21(30(19)38)23-14-18-10-11-24(28(18)33(44-23)53-3)49-16-36(17-49)13-12-27(50)46-36/h4-9,14-15,24H,10-13,16-17H2,1-3H3,(H,43,45)(H,46,50). The molecule has 5 heterocycles. The largest absolute Gasteiger partial charge is 0.481 e. The lowest BCUT2D eigenvalue weighted by Crippen LogP contribution is -2.67. The number of hydrogen-bond acceptors (Lipinski definition) is 8. The number of aromatic nitrogens is 4. The van der Waals surface area contributed by atoms with E-state index in [-0.39, 0.29) is 39.1 Å². The van der Waals surface area contributed by atoms with Crippen LogP contribution in [0, 0.1) is 0 Å². The van der Waals surface area contributed by atoms with Crippen LogP contribution in [0.4, 0.5) is 24.7 Å². The van der Waals surface area contributed by atoms with Crippen molar-refractivity contribution in [1.29, 1.82) is 0 Å². The summed E-state index contributed by atoms with van der Waals surface area (Å²) in [6.45, 7) is 1.57. The summed E-state index contributed by atoms with van der Waals surface area (Å²) < 4.78 is 49.5. The van der Waals surface area contributed by atoms with Gasteiger partial charge in [0.15, 0.2) is 0 Å². The number of likely N-dealkylation sites (tertiary alicyclic amines) is 1. The van der Waals surface area contributed by atoms with Gasteiger partial charge in [-0.25, -0.2) is 14.8 Å². The molecule has 1 aliphatic carbocycles. The number of pyridine rings is 2. The van der Waals surface area contributed by atoms with E-state index in [1.54, 1.807) is 31.4 Å². The molecule has 16 heteroatoms. The van der Waals surface area contributed by atoms with Gasteiger partial charge in [0.2, 0.25) is 11.8 Å². The number of carbonyl (C=O) groups is 1. The summed E-state index contributed by atoms with van der Waals surface area (Å²) in [5.41, 5.74) is 1.21. The molecule has 0 radical (unpaired) electrons. The van der Waals surface area contributed by atoms with Crippen LogP contribution in [-0.4, -0.2) is 55.6 Å². The fourth-order valence-corrected chi connectivity index (χ4v) is 8.53. The van der Waals surface area contributed by atoms with Crippen molar-refractivity contribution in [2.75, 3.05) is 25.5 Å². The molecule has 1 atom stereocenters. The van der Waals surface area contributed by atoms with Crippen LogP contribution >= 0.6 is 23.2 Å². The third-order valence-corrected chi connectivity index (χ3v) is 11.4. The second-order valence-corrected chi connectivity index (χ2v) is 14.5. The molecule has 1 unspecified atom stereocenters. The van der Waals surface area contributed by atoms with Gasteiger partial charge in [0.05, 0.1) is 39.6 Å². The summed E-state index contributed by atoms with van der Waals surface area (Å²) in [7, 11) is 4.10. The minimum atomic E-state index is -4.87. The van der Waals surface area contributed by atoms with Gasteiger partial charge in [-0.15, -0.1) is 0 Å². The minimum Gasteiger partial charge on any atom is -0.481 e. The molecule has 1 amide bonds. The first-order chi connectivity index (χ1) is 25.2. The Hall–Kier alpha value is -4.92. The Balaban J connectivity index is 1.15. The van der Waals surface area contributed by atoms with E-state index in [0.29, 0.717) is 45.8 Å². The van der Waals surface area contributed by atoms with Gasteiger partial charge in [0.1, 0.15) is 16.9 Å². The Labute approximate surface area is 310 Å². The predicted molar refractivity (Wildman–Crippen MR) is 195 cm³/mol. The van der Waals surface area contributed by atoms with Crippen LogP contribution < -0.4 is 26.6 Å². The number of rotatable bonds is 6. The Morgan fingerprint density at radius 1 is 0.943 bits per heavy atom. The van der Waals surface area contributed by atoms with Crippen molar-refractivity contribution in [1.82, 2.24) is 29.3 Å². The second kappa shape index (κ2) is 12.6. The van der Waals surface area contributed by atoms with Crippen molar-refractivity contribution in [3.63, 3.8) is 0 Å². The number of amides is 1. The average molecular weight is 767 g/mol. The molecule has 3 aliphatic rings. The number of halogens is 5. The number of hydrogen-bond donors (Lipinski definition) is 2. The number of aryl methyl sites for hydroxylation is 2. The summed E-state index contributed by atoms with van der Waals surface area (Å²) in [4.78, 5) is 48.7. The van der Waals surface area contributed by atoms with Gasteiger partial charge in [-0.2, -0.15) is 13.2 Å². The van der Waals surface area contributed by atoms with E-state index in [1.165, 1.54) is 20.2 Å². The molecule has 2 saturated heterocycles. The maximum Gasteiger partial charge on any atom is 0.433 e. The van der Waals surface area contributed by atoms with Crippen LogP contribution in [-0.2, 0) is 31.5 Å². The number of nitrogens with zero attached hydrogens (tertiary/aromatic N) is 5. The molecule has 2 fully saturated rings. The normalized spacial score (nSPS) is 18.0. The topological polar surface area (TPSA) is 123 Å². The number of ether oxygens (including phenoxy) is 1. The van der Waals surface area contributed by atoms with E-state index in [0.717, 1.165) is 52.6 Å². The molecular formula is C37H32Cl2F3N7O4. The van der Waals surface area contributed by atoms with Crippen molar-refractivity contribution >= 4 is 51.5 Å². The number of carbonyl (C=O) groups excluding carboxylic acids is 1. The zero-order chi connectivity index (χ0) is 37.6. The van der Waals surface area contributed by atoms with E-state index in [2.05, 4.69) is 20.5 Å². The number of nitrogens with one attached hydrogen (secondary N) is 2. The lowest BCUT2D eigenvalue weighted by molar-refractivity contribution is -0.141. The van der Waals surface area contributed by atoms with E-state index in [1.807, 2.05) is 12.1 Å². The highest BCUT2D eigenvalue weighted by Gasteiger charge is 2.51. The first-order valence-electron chi connectivity index (χ1n) is 16.9. The van der Waals surface area contributed by atoms with Crippen LogP contribution in [0.5, 0.6) is 5.88 Å². The zero-order valence-electron chi connectivity index (χ0n) is 28.7. The molecule has 1 spiro atoms. The maximum atomic E-state index is 14.0. The van der Waals surface area contributed by atoms with Gasteiger partial charge >= 0.3 is 11.9 Å². The molecule has 5 aromatic rings. The van der Waals surface area contributed by atoms with Crippen molar-refractivity contribution in [3.05, 3.63) is 96.2 Å². The third kappa shape index (κ3) is 5.74. The number of fused-ring (bicyclic) bond motifs is 2. The summed E-state index contributed by atoms with van der Waals surface area (Å²) in [5, 5.41) is 6.20. The molecule has 2 aromatic carbocycles. The van der Waals surface area contributed by atoms with Crippen LogP contribution in [0.25, 0.3) is 33.3 Å². The number of alkyl halides is 3. The fraction of sp³-hybridized carbons (Fsp3) is 0.324. The monoisotopic (exact) mass is 765 g/mol. The van der Waals surface area contributed by atoms with Crippen molar-refractivity contribution < 1.29 is 22.7 Å². The van der Waals surface area contributed by atoms with Crippen molar-refractivity contribution in [2.45, 2.75) is 43.4 Å². The predicted octanol–water partition coefficient (Wildman–Crippen LogP) is 6.39. The smallest absolute Gasteiger partial charge is 0.433 e. The lowest BCUT2D eigenvalue weighted by Gasteiger charge is -2.50. The molecule has 8 rings (SSSR count). The van der Waals surface area contributed by atoms with Gasteiger partial charge in [0.25, 0.3) is 5.56 Å². The summed E-state index contributed by atoms with van der Waals surface area (Å²) in [6.07, 6.45) is -1.77. The van der Waals surface area contributed by atoms with Gasteiger partial charge in [-0.3, -0.25) is 23.6 Å². The van der Waals surface area contributed by atoms with Gasteiger partial charge in [-0.05, 0) is 43.0 Å². The SMILES string of the molecule is COc1nc(-c2cccc(-c3cccc(Nc4nc(C(F)(F)F)cc5c4c(=O)n(C)c(=O)n5C)c3Cl)c2Cl)cc2c1C(N1CC3(CCC(=O)N3)C1)CC2. The molecule has 0 saturated carbocycles. The molecule has 2 N–H and O–H groups in total. The number of anilines is 2. The van der Waals surface area contributed by atoms with E-state index < -0.39 is 28.9 Å². The average Bonchev–Trinajstić information content (AvgIpc) is 3.73. The Kier molecular flexibility index (Phi) is 8.35. The highest BCUT2D eigenvalue weighted by Crippen LogP contribution is 2.48. The fourth-order valence-electron chi connectivity index (χ4n) is 7.93. The van der Waals surface area contributed by atoms with Gasteiger partial charge < -0.3 is 15.4 Å². The Morgan fingerprint density at radius 3 is 2.32 bits per heavy atom. The lowest BCUT2D eigenvalue weighted by atomic mass is 9.86. The molecule has 11 nitrogen and oxygen atoms in total. The van der Waals surface area contributed by atoms with E-state index in [9.17, 15) is 27.6 Å². The van der Waals surface area contributed by atoms with Gasteiger partial charge in [0, 0.05) is 61.9 Å². The maximum absolute atomic E-state index is 14.0. The number of benzene rings is 2. The van der Waals surface area contributed by atoms with E-state index >= 15 is 0 Å². The van der Waals surface area contributed by atoms with E-state index in [4.69, 9.17) is 32.9 Å². The van der Waals surface area contributed by atoms with Gasteiger partial charge in [-0.1, -0.05) is 53.5 Å². The summed E-state index contributed by atoms with van der Waals surface area (Å²) >= 11 is 14.0. The molecule has 2 aliphatic heterocycles. The molecule has 53 heavy (non-hydrogen) atoms. The third-order valence-electron chi connectivity index (χ3n) is 10.6. The molecular weight excluding hydrogens is 734 g/mol. The van der Waals surface area contributed by atoms with Crippen molar-refractivity contribution in [2.24, 2.45) is 14.1 Å². The zero-order valence-corrected chi connectivity index (χ0v) is 30.2. The summed E-state index contributed by atoms with van der Waals surface area (Å²) in [6, 6.07) is 13.1. The molecule has 274 valence electrons. The minimum absolute atomic E-state index is 0.103. The van der Waals surface area contributed by atoms with Crippen LogP contribution in [0.2, 0.25) is 10.0 Å². The molecule has 3 aromatic heterocycles. The molecule has 0 bridgehead atoms. The Morgan fingerprint density at radius 2 is 1.64 bits per heavy atom. The van der Waals surface area contributed by atoms with Crippen LogP contribution in [0.15, 0.2) is 58.1 Å². The highest BCUT2D eigenvalue weighted by atomic mass is 35.5. The quantitative estimate of drug-likeness (QED) is 0.204.